The van der Waals surface area contributed by atoms with Crippen molar-refractivity contribution >= 4 is 5.91 Å². The molecule has 0 bridgehead atoms. The number of carbonyl (C=O) groups is 1. The molecule has 122 valence electrons. The van der Waals surface area contributed by atoms with Crippen molar-refractivity contribution in [3.05, 3.63) is 71.5 Å². The Morgan fingerprint density at radius 3 is 2.58 bits per heavy atom. The number of carbonyl (C=O) groups excluding carboxylic acids is 1. The van der Waals surface area contributed by atoms with Crippen molar-refractivity contribution in [2.75, 3.05) is 7.05 Å². The molecule has 1 aromatic heterocycles. The summed E-state index contributed by atoms with van der Waals surface area (Å²) in [6, 6.07) is 15.5. The Kier molecular flexibility index (Phi) is 4.37. The molecule has 0 saturated carbocycles. The molecule has 1 amide bonds. The first-order chi connectivity index (χ1) is 11.6. The number of hydrogen-bond donors (Lipinski definition) is 0. The molecule has 2 aromatic carbocycles. The molecule has 0 radical (unpaired) electrons. The van der Waals surface area contributed by atoms with Gasteiger partial charge in [-0.3, -0.25) is 4.79 Å². The minimum absolute atomic E-state index is 0.0187. The molecule has 0 aliphatic rings. The minimum atomic E-state index is -0.0435. The Morgan fingerprint density at radius 2 is 1.92 bits per heavy atom. The molecule has 0 aliphatic carbocycles. The zero-order chi connectivity index (χ0) is 17.1. The highest BCUT2D eigenvalue weighted by molar-refractivity contribution is 5.94. The summed E-state index contributed by atoms with van der Waals surface area (Å²) in [6.45, 7) is 4.07. The van der Waals surface area contributed by atoms with E-state index in [4.69, 9.17) is 0 Å². The molecule has 1 atom stereocenters. The van der Waals surface area contributed by atoms with E-state index in [1.807, 2.05) is 33.0 Å². The van der Waals surface area contributed by atoms with Crippen molar-refractivity contribution in [1.82, 2.24) is 25.1 Å². The van der Waals surface area contributed by atoms with Gasteiger partial charge in [0.25, 0.3) is 5.91 Å². The number of amides is 1. The third-order valence-electron chi connectivity index (χ3n) is 4.17. The van der Waals surface area contributed by atoms with Gasteiger partial charge in [0.05, 0.1) is 11.7 Å². The van der Waals surface area contributed by atoms with Crippen LogP contribution in [0.15, 0.2) is 54.9 Å². The maximum atomic E-state index is 12.8. The fourth-order valence-electron chi connectivity index (χ4n) is 2.51. The molecule has 6 nitrogen and oxygen atoms in total. The lowest BCUT2D eigenvalue weighted by molar-refractivity contribution is 0.0742. The average molecular weight is 321 g/mol. The third-order valence-corrected chi connectivity index (χ3v) is 4.17. The first-order valence-corrected chi connectivity index (χ1v) is 7.73. The number of hydrogen-bond acceptors (Lipinski definition) is 4. The smallest absolute Gasteiger partial charge is 0.254 e. The van der Waals surface area contributed by atoms with E-state index in [-0.39, 0.29) is 11.9 Å². The first kappa shape index (κ1) is 15.9. The van der Waals surface area contributed by atoms with E-state index in [1.165, 1.54) is 16.6 Å². The van der Waals surface area contributed by atoms with Gasteiger partial charge < -0.3 is 4.90 Å². The van der Waals surface area contributed by atoms with E-state index in [1.54, 1.807) is 17.0 Å². The highest BCUT2D eigenvalue weighted by Gasteiger charge is 2.19. The summed E-state index contributed by atoms with van der Waals surface area (Å²) in [5.41, 5.74) is 3.66. The van der Waals surface area contributed by atoms with Crippen molar-refractivity contribution in [3.63, 3.8) is 0 Å². The van der Waals surface area contributed by atoms with Crippen molar-refractivity contribution in [2.45, 2.75) is 19.9 Å². The SMILES string of the molecule is Cc1ccc(C(C)N(C)C(=O)c2cccc(-n3cnnn3)c2)cc1. The molecule has 6 heteroatoms. The first-order valence-electron chi connectivity index (χ1n) is 7.73. The lowest BCUT2D eigenvalue weighted by Crippen LogP contribution is -2.29. The van der Waals surface area contributed by atoms with Gasteiger partial charge in [0, 0.05) is 12.6 Å². The topological polar surface area (TPSA) is 63.9 Å². The van der Waals surface area contributed by atoms with E-state index >= 15 is 0 Å². The lowest BCUT2D eigenvalue weighted by atomic mass is 10.0. The van der Waals surface area contributed by atoms with Crippen molar-refractivity contribution in [3.8, 4) is 5.69 Å². The molecule has 3 aromatic rings. The molecule has 0 aliphatic heterocycles. The molecule has 1 unspecified atom stereocenters. The summed E-state index contributed by atoms with van der Waals surface area (Å²) >= 11 is 0. The van der Waals surface area contributed by atoms with Crippen LogP contribution in [0.4, 0.5) is 0 Å². The van der Waals surface area contributed by atoms with Crippen molar-refractivity contribution in [1.29, 1.82) is 0 Å². The summed E-state index contributed by atoms with van der Waals surface area (Å²) in [7, 11) is 1.82. The molecule has 24 heavy (non-hydrogen) atoms. The van der Waals surface area contributed by atoms with Gasteiger partial charge in [-0.15, -0.1) is 5.10 Å². The van der Waals surface area contributed by atoms with E-state index in [0.29, 0.717) is 5.56 Å². The molecule has 0 N–H and O–H groups in total. The van der Waals surface area contributed by atoms with Crippen LogP contribution >= 0.6 is 0 Å². The Morgan fingerprint density at radius 1 is 1.17 bits per heavy atom. The van der Waals surface area contributed by atoms with Gasteiger partial charge in [-0.25, -0.2) is 4.68 Å². The zero-order valence-corrected chi connectivity index (χ0v) is 13.9. The van der Waals surface area contributed by atoms with Gasteiger partial charge in [0.1, 0.15) is 6.33 Å². The fraction of sp³-hybridized carbons (Fsp3) is 0.222. The number of nitrogens with zero attached hydrogens (tertiary/aromatic N) is 5. The summed E-state index contributed by atoms with van der Waals surface area (Å²) < 4.78 is 1.53. The Balaban J connectivity index is 1.83. The van der Waals surface area contributed by atoms with Crippen LogP contribution in [0, 0.1) is 6.92 Å². The Labute approximate surface area is 140 Å². The third kappa shape index (κ3) is 3.17. The Bertz CT molecular complexity index is 827. The molecule has 1 heterocycles. The van der Waals surface area contributed by atoms with Crippen molar-refractivity contribution < 1.29 is 4.79 Å². The van der Waals surface area contributed by atoms with Gasteiger partial charge in [0.15, 0.2) is 0 Å². The van der Waals surface area contributed by atoms with Gasteiger partial charge >= 0.3 is 0 Å². The maximum absolute atomic E-state index is 12.8. The van der Waals surface area contributed by atoms with Crippen LogP contribution < -0.4 is 0 Å². The molecule has 0 saturated heterocycles. The summed E-state index contributed by atoms with van der Waals surface area (Å²) in [6.07, 6.45) is 1.50. The molecule has 0 spiro atoms. The zero-order valence-electron chi connectivity index (χ0n) is 13.9. The van der Waals surface area contributed by atoms with Gasteiger partial charge in [-0.05, 0) is 48.0 Å². The number of tetrazole rings is 1. The highest BCUT2D eigenvalue weighted by atomic mass is 16.2. The standard InChI is InChI=1S/C18H19N5O/c1-13-7-9-15(10-8-13)14(2)22(3)18(24)16-5-4-6-17(11-16)23-12-19-20-21-23/h4-12,14H,1-3H3. The summed E-state index contributed by atoms with van der Waals surface area (Å²) in [5.74, 6) is -0.0435. The quantitative estimate of drug-likeness (QED) is 0.741. The molecular weight excluding hydrogens is 302 g/mol. The second-order valence-electron chi connectivity index (χ2n) is 5.81. The summed E-state index contributed by atoms with van der Waals surface area (Å²) in [4.78, 5) is 14.6. The van der Waals surface area contributed by atoms with Gasteiger partial charge in [-0.2, -0.15) is 0 Å². The van der Waals surface area contributed by atoms with E-state index in [9.17, 15) is 4.79 Å². The second-order valence-corrected chi connectivity index (χ2v) is 5.81. The van der Waals surface area contributed by atoms with Crippen LogP contribution in [-0.2, 0) is 0 Å². The Hall–Kier alpha value is -3.02. The lowest BCUT2D eigenvalue weighted by Gasteiger charge is -2.25. The van der Waals surface area contributed by atoms with Crippen LogP contribution in [-0.4, -0.2) is 38.1 Å². The molecule has 3 rings (SSSR count). The van der Waals surface area contributed by atoms with Gasteiger partial charge in [-0.1, -0.05) is 35.9 Å². The van der Waals surface area contributed by atoms with Crippen LogP contribution in [0.5, 0.6) is 0 Å². The van der Waals surface area contributed by atoms with Gasteiger partial charge in [0.2, 0.25) is 0 Å². The number of aryl methyl sites for hydroxylation is 1. The average Bonchev–Trinajstić information content (AvgIpc) is 3.15. The normalized spacial score (nSPS) is 12.0. The number of rotatable bonds is 4. The predicted octanol–water partition coefficient (Wildman–Crippen LogP) is 2.80. The van der Waals surface area contributed by atoms with E-state index < -0.39 is 0 Å². The monoisotopic (exact) mass is 321 g/mol. The van der Waals surface area contributed by atoms with Crippen LogP contribution in [0.2, 0.25) is 0 Å². The highest BCUT2D eigenvalue weighted by Crippen LogP contribution is 2.21. The number of aromatic nitrogens is 4. The second kappa shape index (κ2) is 6.62. The number of benzene rings is 2. The minimum Gasteiger partial charge on any atom is -0.335 e. The summed E-state index contributed by atoms with van der Waals surface area (Å²) in [5, 5.41) is 11.1. The van der Waals surface area contributed by atoms with Crippen LogP contribution in [0.25, 0.3) is 5.69 Å². The van der Waals surface area contributed by atoms with Crippen LogP contribution in [0.3, 0.4) is 0 Å². The fourth-order valence-corrected chi connectivity index (χ4v) is 2.51. The van der Waals surface area contributed by atoms with Crippen LogP contribution in [0.1, 0.15) is 34.5 Å². The largest absolute Gasteiger partial charge is 0.335 e. The van der Waals surface area contributed by atoms with E-state index in [2.05, 4.69) is 39.8 Å². The maximum Gasteiger partial charge on any atom is 0.254 e. The molecule has 0 fully saturated rings. The van der Waals surface area contributed by atoms with Crippen molar-refractivity contribution in [2.24, 2.45) is 0 Å². The molecular formula is C18H19N5O. The van der Waals surface area contributed by atoms with E-state index in [0.717, 1.165) is 11.3 Å². The predicted molar refractivity (Wildman–Crippen MR) is 90.8 cm³/mol.